The van der Waals surface area contributed by atoms with Gasteiger partial charge in [-0.3, -0.25) is 0 Å². The van der Waals surface area contributed by atoms with Crippen molar-refractivity contribution < 1.29 is 19.7 Å². The van der Waals surface area contributed by atoms with Crippen LogP contribution in [-0.4, -0.2) is 27.5 Å². The minimum absolute atomic E-state index is 0.0733. The molecule has 0 fully saturated rings. The largest absolute Gasteiger partial charge is 0.507 e. The average molecular weight is 310 g/mol. The zero-order valence-electron chi connectivity index (χ0n) is 13.7. The lowest BCUT2D eigenvalue weighted by molar-refractivity contribution is 0.153. The fraction of sp³-hybridized carbons (Fsp3) is 0.588. The Kier molecular flexibility index (Phi) is 6.84. The van der Waals surface area contributed by atoms with Gasteiger partial charge in [0.15, 0.2) is 0 Å². The maximum absolute atomic E-state index is 11.5. The molecule has 0 aliphatic rings. The summed E-state index contributed by atoms with van der Waals surface area (Å²) in [5.41, 5.74) is 0.689. The van der Waals surface area contributed by atoms with Crippen LogP contribution in [0.2, 0.25) is 0 Å². The Hall–Kier alpha value is -1.59. The molecule has 124 valence electrons. The standard InChI is InChI=1S/C17H26O5/c1-10(7-11(2)13(4)18)5-6-14(19)8-15-9-16(20)12(3)17(21)22-15/h7,9,11,13-14,18-20H,5-6,8H2,1-4H3/b10-7+. The fourth-order valence-corrected chi connectivity index (χ4v) is 2.09. The summed E-state index contributed by atoms with van der Waals surface area (Å²) in [6.45, 7) is 7.13. The summed E-state index contributed by atoms with van der Waals surface area (Å²) in [7, 11) is 0. The fourth-order valence-electron chi connectivity index (χ4n) is 2.09. The summed E-state index contributed by atoms with van der Waals surface area (Å²) in [5, 5.41) is 29.1. The summed E-state index contributed by atoms with van der Waals surface area (Å²) in [6.07, 6.45) is 2.34. The van der Waals surface area contributed by atoms with E-state index in [1.807, 2.05) is 19.9 Å². The SMILES string of the molecule is C/C(=C\C(C)C(C)O)CCC(O)Cc1cc(O)c(C)c(=O)o1. The minimum atomic E-state index is -0.657. The number of hydrogen-bond acceptors (Lipinski definition) is 5. The van der Waals surface area contributed by atoms with Gasteiger partial charge in [0.25, 0.3) is 0 Å². The maximum Gasteiger partial charge on any atom is 0.342 e. The highest BCUT2D eigenvalue weighted by Crippen LogP contribution is 2.18. The molecular formula is C17H26O5. The van der Waals surface area contributed by atoms with Gasteiger partial charge in [0.05, 0.1) is 17.8 Å². The second-order valence-electron chi connectivity index (χ2n) is 6.02. The molecule has 1 aromatic heterocycles. The van der Waals surface area contributed by atoms with Crippen molar-refractivity contribution in [3.05, 3.63) is 39.5 Å². The Morgan fingerprint density at radius 3 is 2.55 bits per heavy atom. The number of allylic oxidation sites excluding steroid dienone is 1. The predicted molar refractivity (Wildman–Crippen MR) is 84.9 cm³/mol. The first kappa shape index (κ1) is 18.5. The highest BCUT2D eigenvalue weighted by atomic mass is 16.4. The van der Waals surface area contributed by atoms with Crippen molar-refractivity contribution >= 4 is 0 Å². The van der Waals surface area contributed by atoms with Gasteiger partial charge in [-0.25, -0.2) is 4.79 Å². The number of hydrogen-bond donors (Lipinski definition) is 3. The lowest BCUT2D eigenvalue weighted by atomic mass is 9.99. The van der Waals surface area contributed by atoms with Crippen molar-refractivity contribution in [3.63, 3.8) is 0 Å². The molecule has 3 unspecified atom stereocenters. The zero-order chi connectivity index (χ0) is 16.9. The van der Waals surface area contributed by atoms with Crippen LogP contribution in [0.15, 0.2) is 26.9 Å². The summed E-state index contributed by atoms with van der Waals surface area (Å²) in [6, 6.07) is 1.37. The van der Waals surface area contributed by atoms with Crippen LogP contribution >= 0.6 is 0 Å². The summed E-state index contributed by atoms with van der Waals surface area (Å²) < 4.78 is 5.04. The number of aromatic hydroxyl groups is 1. The van der Waals surface area contributed by atoms with E-state index in [9.17, 15) is 20.1 Å². The van der Waals surface area contributed by atoms with Crippen molar-refractivity contribution in [2.24, 2.45) is 5.92 Å². The van der Waals surface area contributed by atoms with Gasteiger partial charge >= 0.3 is 5.63 Å². The van der Waals surface area contributed by atoms with Crippen LogP contribution in [0, 0.1) is 12.8 Å². The molecule has 1 aromatic rings. The van der Waals surface area contributed by atoms with Gasteiger partial charge in [-0.15, -0.1) is 0 Å². The number of rotatable bonds is 7. The first-order valence-corrected chi connectivity index (χ1v) is 7.56. The molecule has 5 heteroatoms. The molecule has 0 radical (unpaired) electrons. The average Bonchev–Trinajstić information content (AvgIpc) is 2.42. The molecule has 1 rings (SSSR count). The van der Waals surface area contributed by atoms with E-state index < -0.39 is 17.8 Å². The molecule has 3 N–H and O–H groups in total. The maximum atomic E-state index is 11.5. The van der Waals surface area contributed by atoms with Crippen LogP contribution in [0.25, 0.3) is 0 Å². The first-order chi connectivity index (χ1) is 10.2. The third-order valence-corrected chi connectivity index (χ3v) is 3.83. The Bertz CT molecular complexity index is 571. The molecular weight excluding hydrogens is 284 g/mol. The monoisotopic (exact) mass is 310 g/mol. The lowest BCUT2D eigenvalue weighted by Crippen LogP contribution is -2.14. The molecule has 22 heavy (non-hydrogen) atoms. The minimum Gasteiger partial charge on any atom is -0.507 e. The molecule has 0 amide bonds. The van der Waals surface area contributed by atoms with Crippen molar-refractivity contribution in [2.75, 3.05) is 0 Å². The summed E-state index contributed by atoms with van der Waals surface area (Å²) in [4.78, 5) is 11.5. The third kappa shape index (κ3) is 5.66. The molecule has 0 spiro atoms. The Morgan fingerprint density at radius 2 is 2.00 bits per heavy atom. The van der Waals surface area contributed by atoms with Crippen LogP contribution in [0.5, 0.6) is 5.75 Å². The van der Waals surface area contributed by atoms with E-state index in [0.717, 1.165) is 5.57 Å². The van der Waals surface area contributed by atoms with Crippen molar-refractivity contribution in [2.45, 2.75) is 59.2 Å². The molecule has 5 nitrogen and oxygen atoms in total. The van der Waals surface area contributed by atoms with Crippen LogP contribution in [-0.2, 0) is 6.42 Å². The smallest absolute Gasteiger partial charge is 0.342 e. The molecule has 0 aliphatic heterocycles. The van der Waals surface area contributed by atoms with Gasteiger partial charge in [-0.1, -0.05) is 18.6 Å². The van der Waals surface area contributed by atoms with Crippen molar-refractivity contribution in [1.82, 2.24) is 0 Å². The Balaban J connectivity index is 2.57. The van der Waals surface area contributed by atoms with Crippen molar-refractivity contribution in [1.29, 1.82) is 0 Å². The molecule has 3 atom stereocenters. The summed E-state index contributed by atoms with van der Waals surface area (Å²) in [5.74, 6) is 0.240. The number of aliphatic hydroxyl groups excluding tert-OH is 2. The third-order valence-electron chi connectivity index (χ3n) is 3.83. The quantitative estimate of drug-likeness (QED) is 0.672. The molecule has 0 aliphatic carbocycles. The molecule has 0 bridgehead atoms. The van der Waals surface area contributed by atoms with Crippen LogP contribution in [0.1, 0.15) is 44.9 Å². The van der Waals surface area contributed by atoms with E-state index >= 15 is 0 Å². The molecule has 1 heterocycles. The van der Waals surface area contributed by atoms with Crippen molar-refractivity contribution in [3.8, 4) is 5.75 Å². The Labute approximate surface area is 130 Å². The van der Waals surface area contributed by atoms with Crippen LogP contribution in [0.4, 0.5) is 0 Å². The first-order valence-electron chi connectivity index (χ1n) is 7.56. The van der Waals surface area contributed by atoms with Gasteiger partial charge in [0.2, 0.25) is 0 Å². The molecule has 0 saturated heterocycles. The van der Waals surface area contributed by atoms with E-state index in [2.05, 4.69) is 0 Å². The zero-order valence-corrected chi connectivity index (χ0v) is 13.7. The second-order valence-corrected chi connectivity index (χ2v) is 6.02. The van der Waals surface area contributed by atoms with E-state index in [1.165, 1.54) is 13.0 Å². The van der Waals surface area contributed by atoms with Crippen LogP contribution in [0.3, 0.4) is 0 Å². The lowest BCUT2D eigenvalue weighted by Gasteiger charge is -2.13. The topological polar surface area (TPSA) is 90.9 Å². The highest BCUT2D eigenvalue weighted by molar-refractivity contribution is 5.28. The predicted octanol–water partition coefficient (Wildman–Crippen LogP) is 2.30. The van der Waals surface area contributed by atoms with E-state index in [0.29, 0.717) is 12.8 Å². The molecule has 0 aromatic carbocycles. The highest BCUT2D eigenvalue weighted by Gasteiger charge is 2.12. The number of aliphatic hydroxyl groups is 2. The second kappa shape index (κ2) is 8.15. The van der Waals surface area contributed by atoms with Gasteiger partial charge in [0, 0.05) is 12.5 Å². The van der Waals surface area contributed by atoms with E-state index in [-0.39, 0.29) is 29.4 Å². The van der Waals surface area contributed by atoms with Gasteiger partial charge < -0.3 is 19.7 Å². The summed E-state index contributed by atoms with van der Waals surface area (Å²) >= 11 is 0. The van der Waals surface area contributed by atoms with E-state index in [1.54, 1.807) is 6.92 Å². The van der Waals surface area contributed by atoms with E-state index in [4.69, 9.17) is 4.42 Å². The van der Waals surface area contributed by atoms with Gasteiger partial charge in [0.1, 0.15) is 11.5 Å². The van der Waals surface area contributed by atoms with Crippen LogP contribution < -0.4 is 5.63 Å². The normalized spacial score (nSPS) is 16.4. The van der Waals surface area contributed by atoms with Gasteiger partial charge in [-0.05, 0) is 39.5 Å². The Morgan fingerprint density at radius 1 is 1.36 bits per heavy atom. The van der Waals surface area contributed by atoms with Gasteiger partial charge in [-0.2, -0.15) is 0 Å². The molecule has 0 saturated carbocycles.